The fourth-order valence-electron chi connectivity index (χ4n) is 1.64. The van der Waals surface area contributed by atoms with Crippen LogP contribution in [0.3, 0.4) is 0 Å². The van der Waals surface area contributed by atoms with Crippen LogP contribution < -0.4 is 21.7 Å². The van der Waals surface area contributed by atoms with Gasteiger partial charge in [0, 0.05) is 62.5 Å². The SMILES string of the molecule is O=C(NN/C=C1/C=CC(Cl)=CC1=O)NN/C=C1/C=CC(Cl)=CC1=O.[Co]. The smallest absolute Gasteiger partial charge is 0.304 e. The molecule has 1 radical (unpaired) electrons. The summed E-state index contributed by atoms with van der Waals surface area (Å²) in [6.45, 7) is 0. The van der Waals surface area contributed by atoms with Crippen molar-refractivity contribution < 1.29 is 31.2 Å². The monoisotopic (exact) mass is 425 g/mol. The Balaban J connectivity index is 0.00000312. The summed E-state index contributed by atoms with van der Waals surface area (Å²) < 4.78 is 0. The van der Waals surface area contributed by atoms with Crippen LogP contribution in [-0.4, -0.2) is 17.6 Å². The molecular weight excluding hydrogens is 414 g/mol. The van der Waals surface area contributed by atoms with E-state index < -0.39 is 6.03 Å². The molecule has 0 bridgehead atoms. The zero-order valence-electron chi connectivity index (χ0n) is 12.4. The minimum absolute atomic E-state index is 0. The molecule has 0 spiro atoms. The van der Waals surface area contributed by atoms with Crippen molar-refractivity contribution in [2.45, 2.75) is 0 Å². The number of hydrogen-bond donors (Lipinski definition) is 4. The van der Waals surface area contributed by atoms with Crippen LogP contribution in [0.4, 0.5) is 4.79 Å². The number of amides is 2. The van der Waals surface area contributed by atoms with Crippen molar-refractivity contribution in [3.05, 3.63) is 70.1 Å². The number of nitrogens with one attached hydrogen (secondary N) is 4. The number of ketones is 2. The summed E-state index contributed by atoms with van der Waals surface area (Å²) in [7, 11) is 0. The number of allylic oxidation sites excluding steroid dienone is 10. The van der Waals surface area contributed by atoms with Crippen LogP contribution in [0, 0.1) is 0 Å². The maximum atomic E-state index is 11.6. The van der Waals surface area contributed by atoms with Crippen LogP contribution in [0.1, 0.15) is 0 Å². The van der Waals surface area contributed by atoms with Crippen molar-refractivity contribution in [3.63, 3.8) is 0 Å². The van der Waals surface area contributed by atoms with E-state index in [2.05, 4.69) is 21.7 Å². The Kier molecular flexibility index (Phi) is 8.22. The first-order valence-corrected chi connectivity index (χ1v) is 7.38. The van der Waals surface area contributed by atoms with Gasteiger partial charge in [0.15, 0.2) is 11.6 Å². The Labute approximate surface area is 163 Å². The summed E-state index contributed by atoms with van der Waals surface area (Å²) in [5.74, 6) is -0.566. The van der Waals surface area contributed by atoms with Crippen LogP contribution in [0.2, 0.25) is 0 Å². The van der Waals surface area contributed by atoms with Crippen molar-refractivity contribution in [2.24, 2.45) is 0 Å². The summed E-state index contributed by atoms with van der Waals surface area (Å²) in [4.78, 5) is 34.6. The minimum Gasteiger partial charge on any atom is -0.304 e. The maximum absolute atomic E-state index is 11.6. The molecule has 0 aliphatic heterocycles. The Morgan fingerprint density at radius 2 is 1.20 bits per heavy atom. The third-order valence-electron chi connectivity index (χ3n) is 2.78. The first kappa shape index (κ1) is 20.8. The van der Waals surface area contributed by atoms with Crippen LogP contribution >= 0.6 is 23.2 Å². The molecule has 2 amide bonds. The van der Waals surface area contributed by atoms with Crippen LogP contribution in [0.5, 0.6) is 0 Å². The molecule has 0 heterocycles. The molecule has 4 N–H and O–H groups in total. The quantitative estimate of drug-likeness (QED) is 0.404. The summed E-state index contributed by atoms with van der Waals surface area (Å²) in [5, 5.41) is 0.671. The molecule has 25 heavy (non-hydrogen) atoms. The van der Waals surface area contributed by atoms with E-state index in [4.69, 9.17) is 23.2 Å². The van der Waals surface area contributed by atoms with E-state index in [0.717, 1.165) is 0 Å². The van der Waals surface area contributed by atoms with Crippen molar-refractivity contribution in [3.8, 4) is 0 Å². The second-order valence-electron chi connectivity index (χ2n) is 4.52. The molecule has 2 aliphatic carbocycles. The van der Waals surface area contributed by atoms with Gasteiger partial charge in [-0.15, -0.1) is 0 Å². The van der Waals surface area contributed by atoms with Crippen molar-refractivity contribution >= 4 is 40.8 Å². The van der Waals surface area contributed by atoms with Gasteiger partial charge in [0.05, 0.1) is 0 Å². The summed E-state index contributed by atoms with van der Waals surface area (Å²) in [5.41, 5.74) is 10.1. The molecule has 0 atom stereocenters. The van der Waals surface area contributed by atoms with E-state index in [1.54, 1.807) is 12.2 Å². The van der Waals surface area contributed by atoms with E-state index in [1.165, 1.54) is 36.7 Å². The molecule has 0 aromatic rings. The molecule has 2 aliphatic rings. The molecule has 133 valence electrons. The topological polar surface area (TPSA) is 99.3 Å². The van der Waals surface area contributed by atoms with Crippen molar-refractivity contribution in [2.75, 3.05) is 0 Å². The van der Waals surface area contributed by atoms with Gasteiger partial charge < -0.3 is 10.9 Å². The second-order valence-corrected chi connectivity index (χ2v) is 5.39. The first-order valence-electron chi connectivity index (χ1n) is 6.62. The Morgan fingerprint density at radius 3 is 1.56 bits per heavy atom. The van der Waals surface area contributed by atoms with E-state index in [-0.39, 0.29) is 28.3 Å². The van der Waals surface area contributed by atoms with Gasteiger partial charge >= 0.3 is 6.03 Å². The number of urea groups is 1. The molecule has 0 unspecified atom stereocenters. The molecule has 0 saturated heterocycles. The maximum Gasteiger partial charge on any atom is 0.351 e. The van der Waals surface area contributed by atoms with Gasteiger partial charge in [0.1, 0.15) is 0 Å². The van der Waals surface area contributed by atoms with E-state index in [9.17, 15) is 14.4 Å². The fraction of sp³-hybridized carbons (Fsp3) is 0. The molecule has 7 nitrogen and oxygen atoms in total. The third kappa shape index (κ3) is 6.63. The Morgan fingerprint density at radius 1 is 0.800 bits per heavy atom. The van der Waals surface area contributed by atoms with Gasteiger partial charge in [-0.25, -0.2) is 4.79 Å². The van der Waals surface area contributed by atoms with Gasteiger partial charge in [0.2, 0.25) is 0 Å². The zero-order valence-corrected chi connectivity index (χ0v) is 15.0. The Bertz CT molecular complexity index is 705. The minimum atomic E-state index is -0.634. The largest absolute Gasteiger partial charge is 0.351 e. The average Bonchev–Trinajstić information content (AvgIpc) is 2.51. The fourth-order valence-corrected chi connectivity index (χ4v) is 1.97. The molecular formula is C15H12Cl2CoN4O3. The average molecular weight is 426 g/mol. The van der Waals surface area contributed by atoms with Crippen LogP contribution in [0.15, 0.2) is 70.1 Å². The van der Waals surface area contributed by atoms with Gasteiger partial charge in [-0.3, -0.25) is 20.4 Å². The van der Waals surface area contributed by atoms with Crippen LogP contribution in [0.25, 0.3) is 0 Å². The standard InChI is InChI=1S/C15H12Cl2N4O3.Co/c16-11-3-1-9(13(22)5-11)7-18-20-15(24)21-19-8-10-2-4-12(17)6-14(10)23;/h1-8,18-19H,(H2,20,21,24);/b9-7-,10-8-;. The summed E-state index contributed by atoms with van der Waals surface area (Å²) >= 11 is 11.3. The zero-order chi connectivity index (χ0) is 17.5. The molecule has 0 saturated carbocycles. The predicted octanol–water partition coefficient (Wildman–Crippen LogP) is 1.58. The van der Waals surface area contributed by atoms with Gasteiger partial charge in [-0.05, 0) is 24.3 Å². The molecule has 0 fully saturated rings. The molecule has 2 rings (SSSR count). The van der Waals surface area contributed by atoms with E-state index in [1.807, 2.05) is 0 Å². The number of halogens is 2. The number of rotatable bonds is 4. The second kappa shape index (κ2) is 9.89. The summed E-state index contributed by atoms with van der Waals surface area (Å²) in [6, 6.07) is -0.634. The Hall–Kier alpha value is -2.26. The normalized spacial score (nSPS) is 19.1. The number of carbonyl (C=O) groups excluding carboxylic acids is 3. The number of hydrogen-bond acceptors (Lipinski definition) is 5. The third-order valence-corrected chi connectivity index (χ3v) is 3.25. The number of hydrazine groups is 2. The molecule has 0 aromatic heterocycles. The molecule has 10 heteroatoms. The van der Waals surface area contributed by atoms with Gasteiger partial charge in [-0.1, -0.05) is 23.2 Å². The van der Waals surface area contributed by atoms with E-state index in [0.29, 0.717) is 21.2 Å². The first-order chi connectivity index (χ1) is 11.5. The van der Waals surface area contributed by atoms with Gasteiger partial charge in [0.25, 0.3) is 0 Å². The van der Waals surface area contributed by atoms with Gasteiger partial charge in [-0.2, -0.15) is 0 Å². The molecule has 0 aromatic carbocycles. The predicted molar refractivity (Wildman–Crippen MR) is 90.3 cm³/mol. The van der Waals surface area contributed by atoms with Crippen molar-refractivity contribution in [1.29, 1.82) is 0 Å². The number of carbonyl (C=O) groups is 3. The summed E-state index contributed by atoms with van der Waals surface area (Å²) in [6.07, 6.45) is 11.3. The van der Waals surface area contributed by atoms with Crippen molar-refractivity contribution in [1.82, 2.24) is 21.7 Å². The van der Waals surface area contributed by atoms with Crippen LogP contribution in [-0.2, 0) is 26.4 Å². The van der Waals surface area contributed by atoms with E-state index >= 15 is 0 Å².